The van der Waals surface area contributed by atoms with E-state index in [9.17, 15) is 31.5 Å². The lowest BCUT2D eigenvalue weighted by molar-refractivity contribution is -0.272. The van der Waals surface area contributed by atoms with Crippen LogP contribution in [0.2, 0.25) is 0 Å². The van der Waals surface area contributed by atoms with Gasteiger partial charge < -0.3 is 20.5 Å². The molecular weight excluding hydrogens is 465 g/mol. The maximum absolute atomic E-state index is 14.4. The number of ether oxygens (including phenoxy) is 2. The minimum Gasteiger partial charge on any atom is -0.493 e. The third-order valence-electron chi connectivity index (χ3n) is 6.27. The van der Waals surface area contributed by atoms with Crippen LogP contribution < -0.4 is 15.8 Å². The largest absolute Gasteiger partial charge is 0.493 e. The molecule has 1 saturated heterocycles. The zero-order valence-corrected chi connectivity index (χ0v) is 18.6. The van der Waals surface area contributed by atoms with E-state index in [1.807, 2.05) is 0 Å². The van der Waals surface area contributed by atoms with Crippen LogP contribution in [0.5, 0.6) is 5.75 Å². The van der Waals surface area contributed by atoms with Crippen molar-refractivity contribution in [1.82, 2.24) is 4.98 Å². The molecule has 0 aliphatic carbocycles. The van der Waals surface area contributed by atoms with Gasteiger partial charge in [-0.05, 0) is 26.0 Å². The molecule has 1 aliphatic heterocycles. The number of nitrogens with one attached hydrogen (secondary N) is 1. The third-order valence-corrected chi connectivity index (χ3v) is 6.27. The number of primary amides is 1. The first-order chi connectivity index (χ1) is 15.7. The van der Waals surface area contributed by atoms with Crippen molar-refractivity contribution in [2.24, 2.45) is 11.7 Å². The lowest BCUT2D eigenvalue weighted by Crippen LogP contribution is -2.47. The molecular formula is C22H22F5N3O4. The van der Waals surface area contributed by atoms with Gasteiger partial charge in [-0.3, -0.25) is 14.6 Å². The molecule has 2 amide bonds. The third kappa shape index (κ3) is 4.06. The molecule has 34 heavy (non-hydrogen) atoms. The number of aromatic nitrogens is 1. The number of amides is 2. The predicted molar refractivity (Wildman–Crippen MR) is 110 cm³/mol. The number of alkyl halides is 3. The Morgan fingerprint density at radius 3 is 2.44 bits per heavy atom. The number of anilines is 1. The van der Waals surface area contributed by atoms with Crippen LogP contribution in [0.15, 0.2) is 24.4 Å². The SMILES string of the molecule is COc1c([C@@H]2[C@H](C(=O)Nc3ccnc(C(N)=O)c3C)O[C@](C)(C(F)(F)F)[C@H]2C)ccc(F)c1F. The maximum Gasteiger partial charge on any atom is 0.417 e. The second-order valence-corrected chi connectivity index (χ2v) is 8.13. The van der Waals surface area contributed by atoms with Crippen LogP contribution in [-0.4, -0.2) is 41.8 Å². The minimum absolute atomic E-state index is 0.0710. The molecule has 7 nitrogen and oxygen atoms in total. The van der Waals surface area contributed by atoms with Crippen molar-refractivity contribution in [3.8, 4) is 5.75 Å². The molecule has 1 aromatic carbocycles. The molecule has 2 heterocycles. The van der Waals surface area contributed by atoms with Crippen molar-refractivity contribution in [2.75, 3.05) is 12.4 Å². The fourth-order valence-electron chi connectivity index (χ4n) is 4.16. The van der Waals surface area contributed by atoms with Gasteiger partial charge in [0.25, 0.3) is 11.8 Å². The highest BCUT2D eigenvalue weighted by molar-refractivity contribution is 5.99. The van der Waals surface area contributed by atoms with Crippen molar-refractivity contribution < 1.29 is 41.0 Å². The minimum atomic E-state index is -4.89. The molecule has 0 radical (unpaired) electrons. The molecule has 1 aliphatic rings. The molecule has 0 spiro atoms. The summed E-state index contributed by atoms with van der Waals surface area (Å²) in [5.74, 6) is -7.92. The highest BCUT2D eigenvalue weighted by Crippen LogP contribution is 2.55. The monoisotopic (exact) mass is 487 g/mol. The van der Waals surface area contributed by atoms with Crippen LogP contribution in [0.4, 0.5) is 27.6 Å². The summed E-state index contributed by atoms with van der Waals surface area (Å²) in [5, 5.41) is 2.43. The van der Waals surface area contributed by atoms with E-state index in [0.29, 0.717) is 0 Å². The Kier molecular flexibility index (Phi) is 6.57. The van der Waals surface area contributed by atoms with Crippen LogP contribution >= 0.6 is 0 Å². The predicted octanol–water partition coefficient (Wildman–Crippen LogP) is 3.85. The molecule has 1 aromatic heterocycles. The number of halogens is 5. The first kappa shape index (κ1) is 25.3. The van der Waals surface area contributed by atoms with Crippen LogP contribution in [0.3, 0.4) is 0 Å². The van der Waals surface area contributed by atoms with E-state index in [4.69, 9.17) is 15.2 Å². The molecule has 3 rings (SSSR count). The Morgan fingerprint density at radius 2 is 1.88 bits per heavy atom. The van der Waals surface area contributed by atoms with Gasteiger partial charge in [0, 0.05) is 34.8 Å². The number of rotatable bonds is 5. The Bertz CT molecular complexity index is 1140. The van der Waals surface area contributed by atoms with E-state index in [0.717, 1.165) is 26.2 Å². The number of hydrogen-bond donors (Lipinski definition) is 2. The smallest absolute Gasteiger partial charge is 0.417 e. The summed E-state index contributed by atoms with van der Waals surface area (Å²) in [6.45, 7) is 3.43. The summed E-state index contributed by atoms with van der Waals surface area (Å²) in [4.78, 5) is 28.5. The Morgan fingerprint density at radius 1 is 1.24 bits per heavy atom. The summed E-state index contributed by atoms with van der Waals surface area (Å²) in [6, 6.07) is 3.13. The lowest BCUT2D eigenvalue weighted by Gasteiger charge is -2.32. The molecule has 0 saturated carbocycles. The average Bonchev–Trinajstić information content (AvgIpc) is 3.03. The van der Waals surface area contributed by atoms with Crippen molar-refractivity contribution in [3.05, 3.63) is 52.9 Å². The second kappa shape index (κ2) is 8.82. The zero-order chi connectivity index (χ0) is 25.6. The summed E-state index contributed by atoms with van der Waals surface area (Å²) >= 11 is 0. The summed E-state index contributed by atoms with van der Waals surface area (Å²) in [7, 11) is 1.03. The fourth-order valence-corrected chi connectivity index (χ4v) is 4.16. The van der Waals surface area contributed by atoms with Gasteiger partial charge in [-0.1, -0.05) is 13.0 Å². The molecule has 1 fully saturated rings. The Labute approximate surface area is 191 Å². The van der Waals surface area contributed by atoms with Crippen molar-refractivity contribution in [2.45, 2.75) is 44.6 Å². The van der Waals surface area contributed by atoms with Gasteiger partial charge in [-0.25, -0.2) is 4.39 Å². The normalized spacial score (nSPS) is 24.7. The topological polar surface area (TPSA) is 104 Å². The molecule has 184 valence electrons. The van der Waals surface area contributed by atoms with Gasteiger partial charge in [0.1, 0.15) is 11.8 Å². The van der Waals surface area contributed by atoms with E-state index >= 15 is 0 Å². The molecule has 3 N–H and O–H groups in total. The molecule has 12 heteroatoms. The summed E-state index contributed by atoms with van der Waals surface area (Å²) in [6.07, 6.45) is -5.47. The molecule has 2 aromatic rings. The first-order valence-electron chi connectivity index (χ1n) is 10.1. The number of carbonyl (C=O) groups is 2. The number of benzene rings is 1. The van der Waals surface area contributed by atoms with Gasteiger partial charge in [0.15, 0.2) is 17.2 Å². The number of carbonyl (C=O) groups excluding carboxylic acids is 2. The number of pyridine rings is 1. The standard InChI is InChI=1S/C22H22F5N3O4/c1-9-13(7-8-29-16(9)19(28)31)30-20(32)18-14(10(2)21(3,34-18)22(25,26)27)11-5-6-12(23)15(24)17(11)33-4/h5-8,10,14,18H,1-4H3,(H2,28,31)(H,29,30,32)/t10-,14+,18+,21-/m0/s1. The van der Waals surface area contributed by atoms with Crippen molar-refractivity contribution >= 4 is 17.5 Å². The second-order valence-electron chi connectivity index (χ2n) is 8.13. The van der Waals surface area contributed by atoms with Crippen LogP contribution in [-0.2, 0) is 9.53 Å². The van der Waals surface area contributed by atoms with E-state index in [-0.39, 0.29) is 22.5 Å². The highest BCUT2D eigenvalue weighted by Gasteiger charge is 2.65. The van der Waals surface area contributed by atoms with E-state index in [1.165, 1.54) is 26.1 Å². The van der Waals surface area contributed by atoms with Gasteiger partial charge in [-0.2, -0.15) is 17.6 Å². The molecule has 4 atom stereocenters. The van der Waals surface area contributed by atoms with Crippen LogP contribution in [0.25, 0.3) is 0 Å². The Hall–Kier alpha value is -3.28. The molecule has 0 unspecified atom stereocenters. The molecule has 0 bridgehead atoms. The quantitative estimate of drug-likeness (QED) is 0.624. The number of nitrogens with two attached hydrogens (primary N) is 1. The summed E-state index contributed by atoms with van der Waals surface area (Å²) in [5.41, 5.74) is 2.42. The Balaban J connectivity index is 2.11. The number of methoxy groups -OCH3 is 1. The van der Waals surface area contributed by atoms with E-state index < -0.39 is 58.9 Å². The van der Waals surface area contributed by atoms with Crippen LogP contribution in [0.1, 0.15) is 41.4 Å². The first-order valence-corrected chi connectivity index (χ1v) is 10.1. The fraction of sp³-hybridized carbons (Fsp3) is 0.409. The van der Waals surface area contributed by atoms with Gasteiger partial charge in [0.05, 0.1) is 7.11 Å². The van der Waals surface area contributed by atoms with E-state index in [2.05, 4.69) is 10.3 Å². The van der Waals surface area contributed by atoms with Crippen molar-refractivity contribution in [3.63, 3.8) is 0 Å². The zero-order valence-electron chi connectivity index (χ0n) is 18.6. The maximum atomic E-state index is 14.4. The number of hydrogen-bond acceptors (Lipinski definition) is 5. The highest BCUT2D eigenvalue weighted by atomic mass is 19.4. The number of nitrogens with zero attached hydrogens (tertiary/aromatic N) is 1. The summed E-state index contributed by atoms with van der Waals surface area (Å²) < 4.78 is 80.4. The van der Waals surface area contributed by atoms with Crippen LogP contribution in [0, 0.1) is 24.5 Å². The van der Waals surface area contributed by atoms with Gasteiger partial charge in [0.2, 0.25) is 5.82 Å². The van der Waals surface area contributed by atoms with Gasteiger partial charge in [-0.15, -0.1) is 0 Å². The van der Waals surface area contributed by atoms with Crippen molar-refractivity contribution in [1.29, 1.82) is 0 Å². The lowest BCUT2D eigenvalue weighted by atomic mass is 9.77. The van der Waals surface area contributed by atoms with Gasteiger partial charge >= 0.3 is 6.18 Å². The average molecular weight is 487 g/mol. The van der Waals surface area contributed by atoms with E-state index in [1.54, 1.807) is 0 Å².